The molecule has 28 heavy (non-hydrogen) atoms. The molecular weight excluding hydrogens is 364 g/mol. The summed E-state index contributed by atoms with van der Waals surface area (Å²) in [6, 6.07) is 12.3. The Balaban J connectivity index is 1.77. The van der Waals surface area contributed by atoms with Crippen LogP contribution in [0.5, 0.6) is 5.75 Å². The number of hydrogen-bond donors (Lipinski definition) is 0. The molecule has 0 saturated carbocycles. The summed E-state index contributed by atoms with van der Waals surface area (Å²) < 4.78 is 26.6. The van der Waals surface area contributed by atoms with Gasteiger partial charge in [-0.3, -0.25) is 0 Å². The van der Waals surface area contributed by atoms with Crippen LogP contribution in [0.15, 0.2) is 42.5 Å². The normalized spacial score (nSPS) is 15.1. The van der Waals surface area contributed by atoms with Crippen molar-refractivity contribution in [2.75, 3.05) is 27.4 Å². The molecule has 3 rings (SSSR count). The van der Waals surface area contributed by atoms with E-state index in [-0.39, 0.29) is 17.7 Å². The molecule has 1 aliphatic heterocycles. The largest absolute Gasteiger partial charge is 0.489 e. The lowest BCUT2D eigenvalue weighted by molar-refractivity contribution is -0.149. The van der Waals surface area contributed by atoms with E-state index in [9.17, 15) is 9.59 Å². The smallest absolute Gasteiger partial charge is 0.338 e. The van der Waals surface area contributed by atoms with E-state index in [0.29, 0.717) is 19.0 Å². The van der Waals surface area contributed by atoms with Crippen LogP contribution < -0.4 is 4.74 Å². The molecule has 1 fully saturated rings. The van der Waals surface area contributed by atoms with Gasteiger partial charge in [-0.25, -0.2) is 9.59 Å². The molecule has 7 nitrogen and oxygen atoms in total. The van der Waals surface area contributed by atoms with E-state index in [1.807, 2.05) is 31.2 Å². The minimum absolute atomic E-state index is 0.0841. The molecule has 148 valence electrons. The number of ether oxygens (including phenoxy) is 5. The van der Waals surface area contributed by atoms with Gasteiger partial charge in [0, 0.05) is 5.56 Å². The van der Waals surface area contributed by atoms with Crippen LogP contribution in [-0.4, -0.2) is 39.4 Å². The topological polar surface area (TPSA) is 80.3 Å². The standard InChI is InChI=1S/C21H22O7/c1-21(27-9-10-28-21)15-6-4-5-14(11-15)13-26-16-7-8-17(19(22)24-2)18(12-16)20(23)25-3/h4-8,11-12H,9-10,13H2,1-3H3. The van der Waals surface area contributed by atoms with Crippen molar-refractivity contribution in [1.29, 1.82) is 0 Å². The number of esters is 2. The third kappa shape index (κ3) is 4.16. The third-order valence-corrected chi connectivity index (χ3v) is 4.50. The van der Waals surface area contributed by atoms with E-state index in [0.717, 1.165) is 11.1 Å². The monoisotopic (exact) mass is 386 g/mol. The van der Waals surface area contributed by atoms with Crippen LogP contribution in [0.2, 0.25) is 0 Å². The molecule has 0 radical (unpaired) electrons. The zero-order valence-corrected chi connectivity index (χ0v) is 16.0. The van der Waals surface area contributed by atoms with E-state index in [1.165, 1.54) is 26.4 Å². The van der Waals surface area contributed by atoms with Gasteiger partial charge in [0.15, 0.2) is 5.79 Å². The lowest BCUT2D eigenvalue weighted by atomic mass is 10.0. The van der Waals surface area contributed by atoms with E-state index in [2.05, 4.69) is 0 Å². The van der Waals surface area contributed by atoms with Gasteiger partial charge in [-0.05, 0) is 36.8 Å². The van der Waals surface area contributed by atoms with Crippen LogP contribution in [0, 0.1) is 0 Å². The molecule has 0 unspecified atom stereocenters. The maximum atomic E-state index is 12.0. The average Bonchev–Trinajstić information content (AvgIpc) is 3.19. The molecule has 0 atom stereocenters. The van der Waals surface area contributed by atoms with Crippen molar-refractivity contribution in [3.63, 3.8) is 0 Å². The van der Waals surface area contributed by atoms with Gasteiger partial charge in [-0.15, -0.1) is 0 Å². The Kier molecular flexibility index (Phi) is 5.96. The summed E-state index contributed by atoms with van der Waals surface area (Å²) in [6.45, 7) is 3.26. The Morgan fingerprint density at radius 1 is 0.964 bits per heavy atom. The second-order valence-electron chi connectivity index (χ2n) is 6.32. The molecule has 1 heterocycles. The molecule has 1 aliphatic rings. The molecule has 0 aliphatic carbocycles. The van der Waals surface area contributed by atoms with Crippen molar-refractivity contribution in [2.45, 2.75) is 19.3 Å². The zero-order chi connectivity index (χ0) is 20.1. The highest BCUT2D eigenvalue weighted by Gasteiger charge is 2.33. The van der Waals surface area contributed by atoms with E-state index in [4.69, 9.17) is 23.7 Å². The maximum absolute atomic E-state index is 12.0. The van der Waals surface area contributed by atoms with Crippen molar-refractivity contribution < 1.29 is 33.3 Å². The fourth-order valence-electron chi connectivity index (χ4n) is 2.97. The van der Waals surface area contributed by atoms with Crippen LogP contribution in [0.3, 0.4) is 0 Å². The van der Waals surface area contributed by atoms with Gasteiger partial charge in [0.05, 0.1) is 38.6 Å². The molecule has 2 aromatic carbocycles. The first-order chi connectivity index (χ1) is 13.5. The molecular formula is C21H22O7. The Bertz CT molecular complexity index is 869. The summed E-state index contributed by atoms with van der Waals surface area (Å²) in [4.78, 5) is 23.8. The molecule has 0 spiro atoms. The Labute approximate surface area is 163 Å². The minimum atomic E-state index is -0.754. The van der Waals surface area contributed by atoms with Gasteiger partial charge in [0.2, 0.25) is 0 Å². The van der Waals surface area contributed by atoms with E-state index >= 15 is 0 Å². The molecule has 2 aromatic rings. The number of hydrogen-bond acceptors (Lipinski definition) is 7. The summed E-state index contributed by atoms with van der Waals surface area (Å²) >= 11 is 0. The number of benzene rings is 2. The Morgan fingerprint density at radius 3 is 2.32 bits per heavy atom. The lowest BCUT2D eigenvalue weighted by Crippen LogP contribution is -2.22. The minimum Gasteiger partial charge on any atom is -0.489 e. The number of methoxy groups -OCH3 is 2. The van der Waals surface area contributed by atoms with Crippen molar-refractivity contribution in [3.8, 4) is 5.75 Å². The van der Waals surface area contributed by atoms with Crippen LogP contribution in [0.25, 0.3) is 0 Å². The molecule has 0 aromatic heterocycles. The Morgan fingerprint density at radius 2 is 1.64 bits per heavy atom. The zero-order valence-electron chi connectivity index (χ0n) is 16.0. The highest BCUT2D eigenvalue weighted by Crippen LogP contribution is 2.31. The SMILES string of the molecule is COC(=O)c1ccc(OCc2cccc(C3(C)OCCO3)c2)cc1C(=O)OC. The average molecular weight is 386 g/mol. The van der Waals surface area contributed by atoms with Crippen molar-refractivity contribution in [3.05, 3.63) is 64.7 Å². The Hall–Kier alpha value is -2.90. The quantitative estimate of drug-likeness (QED) is 0.706. The maximum Gasteiger partial charge on any atom is 0.338 e. The summed E-state index contributed by atoms with van der Waals surface area (Å²) in [6.07, 6.45) is 0. The second-order valence-corrected chi connectivity index (χ2v) is 6.32. The molecule has 7 heteroatoms. The van der Waals surface area contributed by atoms with Gasteiger partial charge < -0.3 is 23.7 Å². The van der Waals surface area contributed by atoms with Crippen molar-refractivity contribution >= 4 is 11.9 Å². The van der Waals surface area contributed by atoms with Crippen LogP contribution in [-0.2, 0) is 31.3 Å². The summed E-state index contributed by atoms with van der Waals surface area (Å²) in [5.74, 6) is -1.59. The number of rotatable bonds is 6. The first-order valence-corrected chi connectivity index (χ1v) is 8.77. The first kappa shape index (κ1) is 19.9. The first-order valence-electron chi connectivity index (χ1n) is 8.77. The highest BCUT2D eigenvalue weighted by atomic mass is 16.7. The van der Waals surface area contributed by atoms with Crippen molar-refractivity contribution in [1.82, 2.24) is 0 Å². The number of carbonyl (C=O) groups is 2. The van der Waals surface area contributed by atoms with Crippen LogP contribution in [0.4, 0.5) is 0 Å². The summed E-state index contributed by atoms with van der Waals surface area (Å²) in [7, 11) is 2.50. The highest BCUT2D eigenvalue weighted by molar-refractivity contribution is 6.03. The van der Waals surface area contributed by atoms with Crippen LogP contribution >= 0.6 is 0 Å². The molecule has 0 N–H and O–H groups in total. The van der Waals surface area contributed by atoms with Crippen molar-refractivity contribution in [2.24, 2.45) is 0 Å². The predicted octanol–water partition coefficient (Wildman–Crippen LogP) is 3.06. The molecule has 0 amide bonds. The lowest BCUT2D eigenvalue weighted by Gasteiger charge is -2.23. The van der Waals surface area contributed by atoms with Gasteiger partial charge in [-0.2, -0.15) is 0 Å². The van der Waals surface area contributed by atoms with E-state index in [1.54, 1.807) is 6.07 Å². The third-order valence-electron chi connectivity index (χ3n) is 4.50. The summed E-state index contributed by atoms with van der Waals surface area (Å²) in [5, 5.41) is 0. The number of carbonyl (C=O) groups excluding carboxylic acids is 2. The summed E-state index contributed by atoms with van der Waals surface area (Å²) in [5.41, 5.74) is 2.02. The van der Waals surface area contributed by atoms with E-state index < -0.39 is 17.7 Å². The fourth-order valence-corrected chi connectivity index (χ4v) is 2.97. The fraction of sp³-hybridized carbons (Fsp3) is 0.333. The molecule has 0 bridgehead atoms. The van der Waals surface area contributed by atoms with Gasteiger partial charge in [0.1, 0.15) is 12.4 Å². The van der Waals surface area contributed by atoms with Gasteiger partial charge in [0.25, 0.3) is 0 Å². The van der Waals surface area contributed by atoms with Crippen LogP contribution in [0.1, 0.15) is 38.8 Å². The predicted molar refractivity (Wildman–Crippen MR) is 99.2 cm³/mol. The molecule has 1 saturated heterocycles. The van der Waals surface area contributed by atoms with Gasteiger partial charge in [-0.1, -0.05) is 18.2 Å². The van der Waals surface area contributed by atoms with Gasteiger partial charge >= 0.3 is 11.9 Å². The second kappa shape index (κ2) is 8.41.